The SMILES string of the molecule is Cl.O=C(CC1CC2CCC(C1)N2)NCc1ccccc1OCC1CC1. The first-order valence-corrected chi connectivity index (χ1v) is 9.49. The molecule has 2 bridgehead atoms. The van der Waals surface area contributed by atoms with Gasteiger partial charge in [0.25, 0.3) is 0 Å². The molecule has 2 atom stereocenters. The monoisotopic (exact) mass is 364 g/mol. The molecule has 1 aromatic rings. The van der Waals surface area contributed by atoms with Crippen LogP contribution in [0.3, 0.4) is 0 Å². The predicted octanol–water partition coefficient (Wildman–Crippen LogP) is 3.43. The summed E-state index contributed by atoms with van der Waals surface area (Å²) < 4.78 is 5.92. The normalized spacial score (nSPS) is 27.4. The zero-order chi connectivity index (χ0) is 16.4. The Morgan fingerprint density at radius 1 is 1.08 bits per heavy atom. The van der Waals surface area contributed by atoms with E-state index in [2.05, 4.69) is 10.6 Å². The van der Waals surface area contributed by atoms with Gasteiger partial charge in [-0.3, -0.25) is 4.79 Å². The van der Waals surface area contributed by atoms with Gasteiger partial charge in [-0.05, 0) is 56.4 Å². The highest BCUT2D eigenvalue weighted by Gasteiger charge is 2.34. The Morgan fingerprint density at radius 2 is 1.80 bits per heavy atom. The molecule has 2 aliphatic heterocycles. The number of nitrogens with one attached hydrogen (secondary N) is 2. The third kappa shape index (κ3) is 5.11. The van der Waals surface area contributed by atoms with Crippen LogP contribution < -0.4 is 15.4 Å². The van der Waals surface area contributed by atoms with Crippen LogP contribution in [0.25, 0.3) is 0 Å². The first kappa shape index (κ1) is 18.5. The van der Waals surface area contributed by atoms with Gasteiger partial charge in [0, 0.05) is 30.6 Å². The van der Waals surface area contributed by atoms with E-state index in [1.54, 1.807) is 0 Å². The molecule has 2 heterocycles. The summed E-state index contributed by atoms with van der Waals surface area (Å²) in [7, 11) is 0. The van der Waals surface area contributed by atoms with Crippen LogP contribution in [0.1, 0.15) is 50.5 Å². The Bertz CT molecular complexity index is 579. The van der Waals surface area contributed by atoms with E-state index in [1.165, 1.54) is 25.7 Å². The minimum atomic E-state index is 0. The Kier molecular flexibility index (Phi) is 6.24. The lowest BCUT2D eigenvalue weighted by atomic mass is 9.89. The summed E-state index contributed by atoms with van der Waals surface area (Å²) in [5.41, 5.74) is 1.08. The number of fused-ring (bicyclic) bond motifs is 2. The minimum Gasteiger partial charge on any atom is -0.493 e. The van der Waals surface area contributed by atoms with Gasteiger partial charge in [-0.25, -0.2) is 0 Å². The van der Waals surface area contributed by atoms with Crippen molar-refractivity contribution in [3.63, 3.8) is 0 Å². The van der Waals surface area contributed by atoms with Crippen molar-refractivity contribution >= 4 is 18.3 Å². The first-order valence-electron chi connectivity index (χ1n) is 9.49. The van der Waals surface area contributed by atoms with Gasteiger partial charge < -0.3 is 15.4 Å². The average Bonchev–Trinajstić information content (AvgIpc) is 3.35. The molecule has 0 radical (unpaired) electrons. The fourth-order valence-electron chi connectivity index (χ4n) is 4.15. The number of carbonyl (C=O) groups is 1. The topological polar surface area (TPSA) is 50.4 Å². The van der Waals surface area contributed by atoms with E-state index in [0.29, 0.717) is 31.0 Å². The van der Waals surface area contributed by atoms with Gasteiger partial charge >= 0.3 is 0 Å². The molecule has 3 fully saturated rings. The number of carbonyl (C=O) groups excluding carboxylic acids is 1. The predicted molar refractivity (Wildman–Crippen MR) is 101 cm³/mol. The van der Waals surface area contributed by atoms with Gasteiger partial charge in [-0.2, -0.15) is 0 Å². The third-order valence-corrected chi connectivity index (χ3v) is 5.66. The Morgan fingerprint density at radius 3 is 2.52 bits per heavy atom. The highest BCUT2D eigenvalue weighted by molar-refractivity contribution is 5.85. The lowest BCUT2D eigenvalue weighted by molar-refractivity contribution is -0.122. The second kappa shape index (κ2) is 8.41. The van der Waals surface area contributed by atoms with Crippen molar-refractivity contribution in [3.05, 3.63) is 29.8 Å². The highest BCUT2D eigenvalue weighted by atomic mass is 35.5. The summed E-state index contributed by atoms with van der Waals surface area (Å²) in [6.07, 6.45) is 8.13. The summed E-state index contributed by atoms with van der Waals surface area (Å²) in [6.45, 7) is 1.38. The van der Waals surface area contributed by atoms with Crippen LogP contribution in [0.4, 0.5) is 0 Å². The molecule has 0 aromatic heterocycles. The van der Waals surface area contributed by atoms with E-state index in [4.69, 9.17) is 4.74 Å². The van der Waals surface area contributed by atoms with Crippen LogP contribution >= 0.6 is 12.4 Å². The van der Waals surface area contributed by atoms with Crippen LogP contribution in [-0.2, 0) is 11.3 Å². The van der Waals surface area contributed by atoms with Crippen molar-refractivity contribution in [2.24, 2.45) is 11.8 Å². The number of ether oxygens (including phenoxy) is 1. The van der Waals surface area contributed by atoms with E-state index in [1.807, 2.05) is 24.3 Å². The first-order chi connectivity index (χ1) is 11.8. The fraction of sp³-hybridized carbons (Fsp3) is 0.650. The Balaban J connectivity index is 0.00000182. The minimum absolute atomic E-state index is 0. The largest absolute Gasteiger partial charge is 0.493 e. The van der Waals surface area contributed by atoms with Crippen LogP contribution in [-0.4, -0.2) is 24.6 Å². The number of halogens is 1. The molecule has 2 N–H and O–H groups in total. The summed E-state index contributed by atoms with van der Waals surface area (Å²) in [6, 6.07) is 9.37. The molecule has 4 rings (SSSR count). The van der Waals surface area contributed by atoms with Crippen molar-refractivity contribution in [3.8, 4) is 5.75 Å². The number of amides is 1. The molecule has 1 aromatic carbocycles. The molecular weight excluding hydrogens is 336 g/mol. The molecule has 5 heteroatoms. The molecule has 25 heavy (non-hydrogen) atoms. The molecule has 1 amide bonds. The molecule has 4 nitrogen and oxygen atoms in total. The zero-order valence-electron chi connectivity index (χ0n) is 14.7. The maximum Gasteiger partial charge on any atom is 0.220 e. The number of benzene rings is 1. The zero-order valence-corrected chi connectivity index (χ0v) is 15.5. The van der Waals surface area contributed by atoms with Crippen LogP contribution in [0.5, 0.6) is 5.75 Å². The van der Waals surface area contributed by atoms with E-state index in [-0.39, 0.29) is 18.3 Å². The van der Waals surface area contributed by atoms with Crippen molar-refractivity contribution in [1.29, 1.82) is 0 Å². The Labute approximate surface area is 156 Å². The lowest BCUT2D eigenvalue weighted by Gasteiger charge is -2.28. The number of rotatable bonds is 7. The quantitative estimate of drug-likeness (QED) is 0.779. The summed E-state index contributed by atoms with van der Waals surface area (Å²) in [4.78, 5) is 12.3. The summed E-state index contributed by atoms with van der Waals surface area (Å²) >= 11 is 0. The van der Waals surface area contributed by atoms with Crippen molar-refractivity contribution in [1.82, 2.24) is 10.6 Å². The maximum atomic E-state index is 12.3. The van der Waals surface area contributed by atoms with Crippen molar-refractivity contribution in [2.45, 2.75) is 63.6 Å². The van der Waals surface area contributed by atoms with Gasteiger partial charge in [0.15, 0.2) is 0 Å². The molecule has 1 saturated carbocycles. The molecule has 2 saturated heterocycles. The smallest absolute Gasteiger partial charge is 0.220 e. The molecular formula is C20H29ClN2O2. The average molecular weight is 365 g/mol. The molecule has 138 valence electrons. The van der Waals surface area contributed by atoms with E-state index >= 15 is 0 Å². The van der Waals surface area contributed by atoms with Crippen LogP contribution in [0.2, 0.25) is 0 Å². The van der Waals surface area contributed by atoms with E-state index in [0.717, 1.165) is 36.7 Å². The van der Waals surface area contributed by atoms with E-state index in [9.17, 15) is 4.79 Å². The molecule has 2 unspecified atom stereocenters. The highest BCUT2D eigenvalue weighted by Crippen LogP contribution is 2.33. The van der Waals surface area contributed by atoms with Crippen molar-refractivity contribution < 1.29 is 9.53 Å². The molecule has 0 spiro atoms. The molecule has 3 aliphatic rings. The van der Waals surface area contributed by atoms with Crippen molar-refractivity contribution in [2.75, 3.05) is 6.61 Å². The van der Waals surface area contributed by atoms with E-state index < -0.39 is 0 Å². The van der Waals surface area contributed by atoms with Gasteiger partial charge in [0.05, 0.1) is 6.61 Å². The lowest BCUT2D eigenvalue weighted by Crippen LogP contribution is -2.39. The second-order valence-corrected chi connectivity index (χ2v) is 7.82. The van der Waals surface area contributed by atoms with Gasteiger partial charge in [-0.15, -0.1) is 12.4 Å². The van der Waals surface area contributed by atoms with Gasteiger partial charge in [0.2, 0.25) is 5.91 Å². The van der Waals surface area contributed by atoms with Gasteiger partial charge in [-0.1, -0.05) is 18.2 Å². The number of para-hydroxylation sites is 1. The standard InChI is InChI=1S/C20H28N2O2.ClH/c23-20(11-15-9-17-7-8-18(10-15)22-17)21-12-16-3-1-2-4-19(16)24-13-14-5-6-14;/h1-4,14-15,17-18,22H,5-13H2,(H,21,23);1H. The molecule has 1 aliphatic carbocycles. The number of piperidine rings is 1. The number of hydrogen-bond acceptors (Lipinski definition) is 3. The fourth-order valence-corrected chi connectivity index (χ4v) is 4.15. The number of hydrogen-bond donors (Lipinski definition) is 2. The second-order valence-electron chi connectivity index (χ2n) is 7.82. The summed E-state index contributed by atoms with van der Waals surface area (Å²) in [5.74, 6) is 2.39. The summed E-state index contributed by atoms with van der Waals surface area (Å²) in [5, 5.41) is 6.74. The Hall–Kier alpha value is -1.26. The van der Waals surface area contributed by atoms with Crippen LogP contribution in [0.15, 0.2) is 24.3 Å². The van der Waals surface area contributed by atoms with Gasteiger partial charge in [0.1, 0.15) is 5.75 Å². The van der Waals surface area contributed by atoms with Crippen LogP contribution in [0, 0.1) is 11.8 Å². The maximum absolute atomic E-state index is 12.3. The third-order valence-electron chi connectivity index (χ3n) is 5.66.